The lowest BCUT2D eigenvalue weighted by atomic mass is 9.83. The van der Waals surface area contributed by atoms with Crippen molar-refractivity contribution in [2.75, 3.05) is 39.9 Å². The van der Waals surface area contributed by atoms with Crippen molar-refractivity contribution < 1.29 is 4.74 Å². The predicted molar refractivity (Wildman–Crippen MR) is 85.1 cm³/mol. The highest BCUT2D eigenvalue weighted by atomic mass is 16.5. The molecule has 0 aromatic rings. The Labute approximate surface area is 125 Å². The van der Waals surface area contributed by atoms with Gasteiger partial charge in [-0.3, -0.25) is 0 Å². The van der Waals surface area contributed by atoms with Gasteiger partial charge in [-0.15, -0.1) is 0 Å². The van der Waals surface area contributed by atoms with Gasteiger partial charge in [0.15, 0.2) is 0 Å². The molecule has 1 aliphatic carbocycles. The van der Waals surface area contributed by atoms with E-state index in [2.05, 4.69) is 17.1 Å². The number of piperidine rings is 1. The predicted octanol–water partition coefficient (Wildman–Crippen LogP) is 2.90. The average Bonchev–Trinajstić information content (AvgIpc) is 2.52. The van der Waals surface area contributed by atoms with Crippen LogP contribution in [0.25, 0.3) is 0 Å². The highest BCUT2D eigenvalue weighted by molar-refractivity contribution is 4.84. The van der Waals surface area contributed by atoms with E-state index in [1.54, 1.807) is 7.11 Å². The highest BCUT2D eigenvalue weighted by Crippen LogP contribution is 2.31. The lowest BCUT2D eigenvalue weighted by Crippen LogP contribution is -2.46. The van der Waals surface area contributed by atoms with E-state index in [1.165, 1.54) is 64.6 Å². The second kappa shape index (κ2) is 9.01. The Kier molecular flexibility index (Phi) is 7.32. The third-order valence-electron chi connectivity index (χ3n) is 5.38. The summed E-state index contributed by atoms with van der Waals surface area (Å²) in [5.74, 6) is 1.87. The van der Waals surface area contributed by atoms with Crippen LogP contribution in [0.15, 0.2) is 0 Å². The molecule has 1 heterocycles. The van der Waals surface area contributed by atoms with Crippen LogP contribution in [0.4, 0.5) is 0 Å². The summed E-state index contributed by atoms with van der Waals surface area (Å²) in [4.78, 5) is 2.80. The van der Waals surface area contributed by atoms with Gasteiger partial charge in [0.1, 0.15) is 0 Å². The van der Waals surface area contributed by atoms with Crippen LogP contribution in [0.5, 0.6) is 0 Å². The normalized spacial score (nSPS) is 32.4. The number of hydrogen-bond donors (Lipinski definition) is 1. The van der Waals surface area contributed by atoms with Crippen LogP contribution in [0.1, 0.15) is 51.9 Å². The van der Waals surface area contributed by atoms with Crippen molar-refractivity contribution in [1.29, 1.82) is 0 Å². The van der Waals surface area contributed by atoms with Crippen LogP contribution in [0.2, 0.25) is 0 Å². The maximum absolute atomic E-state index is 5.10. The van der Waals surface area contributed by atoms with Gasteiger partial charge in [-0.05, 0) is 63.5 Å². The molecule has 3 heteroatoms. The molecule has 118 valence electrons. The topological polar surface area (TPSA) is 24.5 Å². The molecule has 1 saturated carbocycles. The number of hydrogen-bond acceptors (Lipinski definition) is 3. The van der Waals surface area contributed by atoms with Crippen LogP contribution in [0.3, 0.4) is 0 Å². The fraction of sp³-hybridized carbons (Fsp3) is 1.00. The van der Waals surface area contributed by atoms with E-state index in [1.807, 2.05) is 0 Å². The molecule has 0 aromatic carbocycles. The molecule has 20 heavy (non-hydrogen) atoms. The number of methoxy groups -OCH3 is 1. The Morgan fingerprint density at radius 1 is 1.10 bits per heavy atom. The highest BCUT2D eigenvalue weighted by Gasteiger charge is 2.28. The first-order chi connectivity index (χ1) is 9.83. The van der Waals surface area contributed by atoms with Crippen molar-refractivity contribution >= 4 is 0 Å². The Morgan fingerprint density at radius 2 is 1.90 bits per heavy atom. The molecule has 2 aliphatic rings. The van der Waals surface area contributed by atoms with E-state index >= 15 is 0 Å². The van der Waals surface area contributed by atoms with Crippen molar-refractivity contribution in [3.05, 3.63) is 0 Å². The van der Waals surface area contributed by atoms with Crippen molar-refractivity contribution in [3.63, 3.8) is 0 Å². The van der Waals surface area contributed by atoms with Crippen LogP contribution < -0.4 is 5.32 Å². The number of rotatable bonds is 7. The maximum Gasteiger partial charge on any atom is 0.0587 e. The molecule has 0 spiro atoms. The van der Waals surface area contributed by atoms with E-state index in [4.69, 9.17) is 4.74 Å². The third-order valence-corrected chi connectivity index (χ3v) is 5.38. The summed E-state index contributed by atoms with van der Waals surface area (Å²) in [6, 6.07) is 0.888. The smallest absolute Gasteiger partial charge is 0.0587 e. The zero-order valence-corrected chi connectivity index (χ0v) is 13.6. The Hall–Kier alpha value is -0.120. The van der Waals surface area contributed by atoms with E-state index in [0.29, 0.717) is 0 Å². The molecule has 1 aliphatic heterocycles. The number of nitrogens with one attached hydrogen (secondary N) is 1. The molecule has 1 N–H and O–H groups in total. The summed E-state index contributed by atoms with van der Waals surface area (Å²) in [5.41, 5.74) is 0. The fourth-order valence-electron chi connectivity index (χ4n) is 3.99. The van der Waals surface area contributed by atoms with Gasteiger partial charge in [-0.1, -0.05) is 13.3 Å². The molecule has 0 amide bonds. The second-order valence-corrected chi connectivity index (χ2v) is 6.78. The van der Waals surface area contributed by atoms with Gasteiger partial charge >= 0.3 is 0 Å². The van der Waals surface area contributed by atoms with Crippen molar-refractivity contribution in [1.82, 2.24) is 10.2 Å². The lowest BCUT2D eigenvalue weighted by molar-refractivity contribution is 0.0853. The standard InChI is InChI=1S/C17H34N2O/c1-3-15-6-8-17(9-7-15)19-11-4-5-16(14-19)13-18-10-12-20-2/h15-18H,3-14H2,1-2H3. The summed E-state index contributed by atoms with van der Waals surface area (Å²) >= 11 is 0. The van der Waals surface area contributed by atoms with E-state index in [9.17, 15) is 0 Å². The summed E-state index contributed by atoms with van der Waals surface area (Å²) in [6.07, 6.45) is 10.0. The maximum atomic E-state index is 5.10. The Balaban J connectivity index is 1.67. The Bertz CT molecular complexity index is 251. The van der Waals surface area contributed by atoms with Crippen LogP contribution in [-0.4, -0.2) is 50.8 Å². The number of nitrogens with zero attached hydrogens (tertiary/aromatic N) is 1. The fourth-order valence-corrected chi connectivity index (χ4v) is 3.99. The first kappa shape index (κ1) is 16.3. The third kappa shape index (κ3) is 5.01. The second-order valence-electron chi connectivity index (χ2n) is 6.78. The minimum absolute atomic E-state index is 0.831. The molecule has 2 rings (SSSR count). The summed E-state index contributed by atoms with van der Waals surface area (Å²) in [7, 11) is 1.77. The van der Waals surface area contributed by atoms with Gasteiger partial charge in [0.25, 0.3) is 0 Å². The minimum Gasteiger partial charge on any atom is -0.383 e. The molecule has 0 bridgehead atoms. The van der Waals surface area contributed by atoms with E-state index in [-0.39, 0.29) is 0 Å². The first-order valence-corrected chi connectivity index (χ1v) is 8.77. The molecule has 2 fully saturated rings. The molecule has 3 nitrogen and oxygen atoms in total. The van der Waals surface area contributed by atoms with E-state index < -0.39 is 0 Å². The van der Waals surface area contributed by atoms with Crippen LogP contribution in [0, 0.1) is 11.8 Å². The van der Waals surface area contributed by atoms with Crippen LogP contribution >= 0.6 is 0 Å². The molecular formula is C17H34N2O. The van der Waals surface area contributed by atoms with Gasteiger partial charge in [0.2, 0.25) is 0 Å². The van der Waals surface area contributed by atoms with Crippen molar-refractivity contribution in [3.8, 4) is 0 Å². The molecule has 1 saturated heterocycles. The quantitative estimate of drug-likeness (QED) is 0.727. The average molecular weight is 282 g/mol. The zero-order valence-electron chi connectivity index (χ0n) is 13.6. The largest absolute Gasteiger partial charge is 0.383 e. The zero-order chi connectivity index (χ0) is 14.2. The molecule has 0 radical (unpaired) electrons. The van der Waals surface area contributed by atoms with Gasteiger partial charge in [-0.2, -0.15) is 0 Å². The van der Waals surface area contributed by atoms with Gasteiger partial charge < -0.3 is 15.0 Å². The van der Waals surface area contributed by atoms with E-state index in [0.717, 1.165) is 31.0 Å². The minimum atomic E-state index is 0.831. The van der Waals surface area contributed by atoms with Crippen molar-refractivity contribution in [2.24, 2.45) is 11.8 Å². The van der Waals surface area contributed by atoms with Crippen LogP contribution in [-0.2, 0) is 4.74 Å². The van der Waals surface area contributed by atoms with Crippen molar-refractivity contribution in [2.45, 2.75) is 57.9 Å². The molecule has 1 unspecified atom stereocenters. The summed E-state index contributed by atoms with van der Waals surface area (Å²) < 4.78 is 5.10. The summed E-state index contributed by atoms with van der Waals surface area (Å²) in [5, 5.41) is 3.54. The monoisotopic (exact) mass is 282 g/mol. The summed E-state index contributed by atoms with van der Waals surface area (Å²) in [6.45, 7) is 8.02. The lowest BCUT2D eigenvalue weighted by Gasteiger charge is -2.41. The first-order valence-electron chi connectivity index (χ1n) is 8.77. The molecule has 1 atom stereocenters. The molecule has 0 aromatic heterocycles. The number of ether oxygens (including phenoxy) is 1. The van der Waals surface area contributed by atoms with Gasteiger partial charge in [0.05, 0.1) is 6.61 Å². The SMILES string of the molecule is CCC1CCC(N2CCCC(CNCCOC)C2)CC1. The number of likely N-dealkylation sites (tertiary alicyclic amines) is 1. The Morgan fingerprint density at radius 3 is 2.60 bits per heavy atom. The van der Waals surface area contributed by atoms with Gasteiger partial charge in [-0.25, -0.2) is 0 Å². The van der Waals surface area contributed by atoms with Gasteiger partial charge in [0, 0.05) is 26.2 Å². The molecular weight excluding hydrogens is 248 g/mol.